The van der Waals surface area contributed by atoms with Gasteiger partial charge in [-0.3, -0.25) is 4.79 Å². The van der Waals surface area contributed by atoms with E-state index < -0.39 is 0 Å². The third-order valence-corrected chi connectivity index (χ3v) is 3.65. The summed E-state index contributed by atoms with van der Waals surface area (Å²) in [4.78, 5) is 23.9. The first-order valence-electron chi connectivity index (χ1n) is 7.48. The Bertz CT molecular complexity index is 538. The minimum absolute atomic E-state index is 0.0807. The molecule has 1 aliphatic rings. The Hall–Kier alpha value is -2.04. The van der Waals surface area contributed by atoms with Crippen molar-refractivity contribution in [3.63, 3.8) is 0 Å². The highest BCUT2D eigenvalue weighted by molar-refractivity contribution is 5.97. The molecule has 1 aromatic carbocycles. The van der Waals surface area contributed by atoms with Gasteiger partial charge in [-0.2, -0.15) is 0 Å². The van der Waals surface area contributed by atoms with Gasteiger partial charge in [0.25, 0.3) is 5.91 Å². The van der Waals surface area contributed by atoms with E-state index in [0.29, 0.717) is 17.3 Å². The summed E-state index contributed by atoms with van der Waals surface area (Å²) in [5.74, 6) is -0.0807. The molecule has 114 valence electrons. The molecule has 3 N–H and O–H groups in total. The molecule has 0 spiro atoms. The molecule has 2 rings (SSSR count). The van der Waals surface area contributed by atoms with Gasteiger partial charge in [0, 0.05) is 23.3 Å². The van der Waals surface area contributed by atoms with Crippen LogP contribution in [0.1, 0.15) is 49.0 Å². The molecule has 0 aliphatic heterocycles. The van der Waals surface area contributed by atoms with Gasteiger partial charge >= 0.3 is 6.03 Å². The normalized spacial score (nSPS) is 15.2. The molecule has 3 amide bonds. The molecule has 0 saturated heterocycles. The number of anilines is 1. The number of carbonyl (C=O) groups excluding carboxylic acids is 2. The fourth-order valence-electron chi connectivity index (χ4n) is 1.88. The van der Waals surface area contributed by atoms with Gasteiger partial charge in [0.05, 0.1) is 0 Å². The highest BCUT2D eigenvalue weighted by atomic mass is 16.2. The second-order valence-corrected chi connectivity index (χ2v) is 5.69. The second kappa shape index (κ2) is 6.61. The van der Waals surface area contributed by atoms with Crippen LogP contribution in [0.2, 0.25) is 0 Å². The van der Waals surface area contributed by atoms with Crippen LogP contribution in [0.25, 0.3) is 0 Å². The van der Waals surface area contributed by atoms with E-state index in [1.54, 1.807) is 12.1 Å². The van der Waals surface area contributed by atoms with E-state index in [9.17, 15) is 9.59 Å². The van der Waals surface area contributed by atoms with Crippen LogP contribution in [0, 0.1) is 6.92 Å². The van der Waals surface area contributed by atoms with Gasteiger partial charge < -0.3 is 16.0 Å². The minimum atomic E-state index is -0.243. The van der Waals surface area contributed by atoms with Crippen molar-refractivity contribution in [1.29, 1.82) is 0 Å². The number of hydrogen-bond acceptors (Lipinski definition) is 2. The zero-order valence-corrected chi connectivity index (χ0v) is 12.8. The Morgan fingerprint density at radius 1 is 1.33 bits per heavy atom. The molecule has 1 aliphatic carbocycles. The van der Waals surface area contributed by atoms with Crippen LogP contribution in [0.5, 0.6) is 0 Å². The number of benzene rings is 1. The maximum atomic E-state index is 12.0. The van der Waals surface area contributed by atoms with Gasteiger partial charge in [-0.05, 0) is 50.8 Å². The Morgan fingerprint density at radius 2 is 2.05 bits per heavy atom. The van der Waals surface area contributed by atoms with Gasteiger partial charge in [-0.25, -0.2) is 4.79 Å². The minimum Gasteiger partial charge on any atom is -0.349 e. The molecule has 1 unspecified atom stereocenters. The van der Waals surface area contributed by atoms with Crippen molar-refractivity contribution in [3.05, 3.63) is 29.3 Å². The van der Waals surface area contributed by atoms with Crippen molar-refractivity contribution < 1.29 is 9.59 Å². The van der Waals surface area contributed by atoms with E-state index in [2.05, 4.69) is 16.0 Å². The smallest absolute Gasteiger partial charge is 0.319 e. The standard InChI is InChI=1S/C16H23N3O2/c1-4-11(3)17-16(21)19-14-9-12(6-5-10(14)2)15(20)18-13-7-8-13/h5-6,9,11,13H,4,7-8H2,1-3H3,(H,18,20)(H2,17,19,21). The van der Waals surface area contributed by atoms with Crippen molar-refractivity contribution >= 4 is 17.6 Å². The SMILES string of the molecule is CCC(C)NC(=O)Nc1cc(C(=O)NC2CC2)ccc1C. The van der Waals surface area contributed by atoms with Crippen LogP contribution in [-0.2, 0) is 0 Å². The molecule has 0 bridgehead atoms. The lowest BCUT2D eigenvalue weighted by Gasteiger charge is -2.14. The fourth-order valence-corrected chi connectivity index (χ4v) is 1.88. The largest absolute Gasteiger partial charge is 0.349 e. The summed E-state index contributed by atoms with van der Waals surface area (Å²) in [7, 11) is 0. The lowest BCUT2D eigenvalue weighted by molar-refractivity contribution is 0.0951. The van der Waals surface area contributed by atoms with Crippen molar-refractivity contribution in [1.82, 2.24) is 10.6 Å². The summed E-state index contributed by atoms with van der Waals surface area (Å²) < 4.78 is 0. The first kappa shape index (κ1) is 15.4. The van der Waals surface area contributed by atoms with Crippen LogP contribution < -0.4 is 16.0 Å². The number of nitrogens with one attached hydrogen (secondary N) is 3. The third kappa shape index (κ3) is 4.48. The summed E-state index contributed by atoms with van der Waals surface area (Å²) in [6.07, 6.45) is 2.98. The Balaban J connectivity index is 2.04. The molecule has 1 fully saturated rings. The number of hydrogen-bond donors (Lipinski definition) is 3. The van der Waals surface area contributed by atoms with Gasteiger partial charge in [0.1, 0.15) is 0 Å². The molecule has 1 saturated carbocycles. The van der Waals surface area contributed by atoms with E-state index in [0.717, 1.165) is 24.8 Å². The molecule has 0 heterocycles. The molecule has 5 heteroatoms. The summed E-state index contributed by atoms with van der Waals surface area (Å²) >= 11 is 0. The summed E-state index contributed by atoms with van der Waals surface area (Å²) in [6, 6.07) is 5.55. The van der Waals surface area contributed by atoms with Gasteiger partial charge in [-0.15, -0.1) is 0 Å². The van der Waals surface area contributed by atoms with E-state index in [4.69, 9.17) is 0 Å². The third-order valence-electron chi connectivity index (χ3n) is 3.65. The quantitative estimate of drug-likeness (QED) is 0.780. The van der Waals surface area contributed by atoms with Crippen LogP contribution in [0.4, 0.5) is 10.5 Å². The Morgan fingerprint density at radius 3 is 2.67 bits per heavy atom. The second-order valence-electron chi connectivity index (χ2n) is 5.69. The van der Waals surface area contributed by atoms with Crippen molar-refractivity contribution in [2.75, 3.05) is 5.32 Å². The number of rotatable bonds is 5. The molecule has 5 nitrogen and oxygen atoms in total. The number of urea groups is 1. The lowest BCUT2D eigenvalue weighted by atomic mass is 10.1. The van der Waals surface area contributed by atoms with E-state index >= 15 is 0 Å². The van der Waals surface area contributed by atoms with Gasteiger partial charge in [0.2, 0.25) is 0 Å². The maximum Gasteiger partial charge on any atom is 0.319 e. The lowest BCUT2D eigenvalue weighted by Crippen LogP contribution is -2.35. The summed E-state index contributed by atoms with van der Waals surface area (Å²) in [5, 5.41) is 8.60. The topological polar surface area (TPSA) is 70.2 Å². The molecule has 0 radical (unpaired) electrons. The highest BCUT2D eigenvalue weighted by Gasteiger charge is 2.24. The average molecular weight is 289 g/mol. The molecule has 1 aromatic rings. The predicted octanol–water partition coefficient (Wildman–Crippen LogP) is 2.81. The zero-order valence-electron chi connectivity index (χ0n) is 12.8. The number of aryl methyl sites for hydroxylation is 1. The predicted molar refractivity (Wildman–Crippen MR) is 83.6 cm³/mol. The zero-order chi connectivity index (χ0) is 15.4. The highest BCUT2D eigenvalue weighted by Crippen LogP contribution is 2.21. The Kier molecular flexibility index (Phi) is 4.83. The maximum absolute atomic E-state index is 12.0. The van der Waals surface area contributed by atoms with Gasteiger partial charge in [0.15, 0.2) is 0 Å². The van der Waals surface area contributed by atoms with Crippen LogP contribution >= 0.6 is 0 Å². The first-order chi connectivity index (χ1) is 9.99. The monoisotopic (exact) mass is 289 g/mol. The Labute approximate surface area is 125 Å². The van der Waals surface area contributed by atoms with Gasteiger partial charge in [-0.1, -0.05) is 13.0 Å². The van der Waals surface area contributed by atoms with Crippen molar-refractivity contribution in [2.45, 2.75) is 52.1 Å². The van der Waals surface area contributed by atoms with Crippen LogP contribution in [-0.4, -0.2) is 24.0 Å². The summed E-state index contributed by atoms with van der Waals surface area (Å²) in [5.41, 5.74) is 2.17. The van der Waals surface area contributed by atoms with E-state index in [-0.39, 0.29) is 18.0 Å². The van der Waals surface area contributed by atoms with Crippen LogP contribution in [0.3, 0.4) is 0 Å². The molecule has 0 aromatic heterocycles. The molecule has 1 atom stereocenters. The fraction of sp³-hybridized carbons (Fsp3) is 0.500. The first-order valence-corrected chi connectivity index (χ1v) is 7.48. The van der Waals surface area contributed by atoms with Crippen LogP contribution in [0.15, 0.2) is 18.2 Å². The molecular weight excluding hydrogens is 266 g/mol. The van der Waals surface area contributed by atoms with E-state index in [1.807, 2.05) is 26.8 Å². The number of carbonyl (C=O) groups is 2. The molecule has 21 heavy (non-hydrogen) atoms. The van der Waals surface area contributed by atoms with Crippen molar-refractivity contribution in [2.24, 2.45) is 0 Å². The van der Waals surface area contributed by atoms with E-state index in [1.165, 1.54) is 0 Å². The summed E-state index contributed by atoms with van der Waals surface area (Å²) in [6.45, 7) is 5.87. The number of amides is 3. The van der Waals surface area contributed by atoms with Crippen molar-refractivity contribution in [3.8, 4) is 0 Å². The molecular formula is C16H23N3O2. The average Bonchev–Trinajstić information content (AvgIpc) is 3.24.